The van der Waals surface area contributed by atoms with Gasteiger partial charge in [-0.15, -0.1) is 0 Å². The summed E-state index contributed by atoms with van der Waals surface area (Å²) >= 11 is 0. The molecule has 0 bridgehead atoms. The second-order valence-corrected chi connectivity index (χ2v) is 13.8. The van der Waals surface area contributed by atoms with E-state index in [9.17, 15) is 19.2 Å². The molecule has 0 aliphatic carbocycles. The summed E-state index contributed by atoms with van der Waals surface area (Å²) in [5, 5.41) is 0. The first-order valence-corrected chi connectivity index (χ1v) is 15.2. The number of amides is 1. The molecule has 1 aliphatic rings. The van der Waals surface area contributed by atoms with Crippen LogP contribution in [0.4, 0.5) is 5.69 Å². The van der Waals surface area contributed by atoms with Crippen molar-refractivity contribution in [3.8, 4) is 11.5 Å². The van der Waals surface area contributed by atoms with Gasteiger partial charge in [-0.1, -0.05) is 48.5 Å². The highest BCUT2D eigenvalue weighted by molar-refractivity contribution is 7.56. The van der Waals surface area contributed by atoms with Gasteiger partial charge in [0.1, 0.15) is 22.7 Å². The Balaban J connectivity index is 2.00. The molecule has 0 aromatic heterocycles. The molecule has 2 atom stereocenters. The number of carbonyl (C=O) groups is 4. The summed E-state index contributed by atoms with van der Waals surface area (Å²) in [4.78, 5) is 55.8. The summed E-state index contributed by atoms with van der Waals surface area (Å²) in [6.07, 6.45) is 0. The summed E-state index contributed by atoms with van der Waals surface area (Å²) in [5.41, 5.74) is -4.30. The van der Waals surface area contributed by atoms with Crippen LogP contribution in [0.1, 0.15) is 51.9 Å². The number of anilines is 1. The lowest BCUT2D eigenvalue weighted by Crippen LogP contribution is -2.57. The molecule has 0 fully saturated rings. The topological polar surface area (TPSA) is 126 Å². The molecular weight excluding hydrogens is 573 g/mol. The molecule has 43 heavy (non-hydrogen) atoms. The molecular formula is C32H34NO9P. The predicted molar refractivity (Wildman–Crippen MR) is 159 cm³/mol. The minimum atomic E-state index is -4.88. The van der Waals surface area contributed by atoms with Crippen molar-refractivity contribution in [1.82, 2.24) is 0 Å². The van der Waals surface area contributed by atoms with Crippen LogP contribution in [-0.4, -0.2) is 46.5 Å². The number of nitrogens with zero attached hydrogens (tertiary/aromatic N) is 1. The predicted octanol–water partition coefficient (Wildman–Crippen LogP) is 5.99. The van der Waals surface area contributed by atoms with Crippen LogP contribution in [0.3, 0.4) is 0 Å². The standard InChI is InChI=1S/C32H34NO9P/c1-31(2,3)39-29(36)25(33-24-20-14-13-19-23(24)26(34)28(33)35)27(30(37)40-32(4,5)6)43(38,41-21-15-9-7-10-16-21)42-22-17-11-8-12-18-22/h7-20,25,27H,1-6H3. The van der Waals surface area contributed by atoms with E-state index in [1.54, 1.807) is 90.1 Å². The third-order valence-electron chi connectivity index (χ3n) is 5.99. The first-order valence-electron chi connectivity index (χ1n) is 13.6. The van der Waals surface area contributed by atoms with Gasteiger partial charge in [0, 0.05) is 0 Å². The fraction of sp³-hybridized carbons (Fsp3) is 0.312. The van der Waals surface area contributed by atoms with E-state index in [0.29, 0.717) is 0 Å². The first kappa shape index (κ1) is 31.5. The van der Waals surface area contributed by atoms with Crippen molar-refractivity contribution in [3.05, 3.63) is 90.5 Å². The molecule has 0 radical (unpaired) electrons. The van der Waals surface area contributed by atoms with Gasteiger partial charge in [0.2, 0.25) is 5.66 Å². The zero-order valence-corrected chi connectivity index (χ0v) is 25.7. The van der Waals surface area contributed by atoms with Crippen molar-refractivity contribution in [2.45, 2.75) is 64.4 Å². The maximum absolute atomic E-state index is 15.2. The first-order chi connectivity index (χ1) is 20.1. The van der Waals surface area contributed by atoms with Crippen molar-refractivity contribution in [2.75, 3.05) is 4.90 Å². The minimum absolute atomic E-state index is 0.00628. The lowest BCUT2D eigenvalue weighted by Gasteiger charge is -2.37. The molecule has 4 rings (SSSR count). The van der Waals surface area contributed by atoms with Crippen LogP contribution in [0.2, 0.25) is 0 Å². The van der Waals surface area contributed by atoms with Gasteiger partial charge < -0.3 is 18.5 Å². The number of esters is 2. The number of Topliss-reactive ketones (excluding diaryl/α,β-unsaturated/α-hetero) is 1. The van der Waals surface area contributed by atoms with E-state index in [2.05, 4.69) is 0 Å². The molecule has 226 valence electrons. The lowest BCUT2D eigenvalue weighted by molar-refractivity contribution is -0.164. The van der Waals surface area contributed by atoms with E-state index in [0.717, 1.165) is 4.90 Å². The van der Waals surface area contributed by atoms with Gasteiger partial charge in [0.05, 0.1) is 11.3 Å². The van der Waals surface area contributed by atoms with Gasteiger partial charge in [0.15, 0.2) is 6.04 Å². The van der Waals surface area contributed by atoms with Gasteiger partial charge in [-0.2, -0.15) is 0 Å². The molecule has 10 nitrogen and oxygen atoms in total. The number of hydrogen-bond acceptors (Lipinski definition) is 9. The van der Waals surface area contributed by atoms with Gasteiger partial charge in [0.25, 0.3) is 11.7 Å². The van der Waals surface area contributed by atoms with Crippen LogP contribution in [0.5, 0.6) is 11.5 Å². The Kier molecular flexibility index (Phi) is 8.83. The maximum atomic E-state index is 15.2. The van der Waals surface area contributed by atoms with E-state index in [1.807, 2.05) is 0 Å². The highest BCUT2D eigenvalue weighted by atomic mass is 31.2. The summed E-state index contributed by atoms with van der Waals surface area (Å²) in [5.74, 6) is -4.19. The number of carbonyl (C=O) groups excluding carboxylic acids is 4. The monoisotopic (exact) mass is 607 g/mol. The molecule has 0 N–H and O–H groups in total. The molecule has 0 spiro atoms. The Bertz CT molecular complexity index is 1510. The van der Waals surface area contributed by atoms with Crippen LogP contribution in [0, 0.1) is 0 Å². The molecule has 0 saturated carbocycles. The zero-order valence-electron chi connectivity index (χ0n) is 24.8. The Morgan fingerprint density at radius 2 is 1.12 bits per heavy atom. The highest BCUT2D eigenvalue weighted by Crippen LogP contribution is 2.56. The number of ketones is 1. The number of hydrogen-bond donors (Lipinski definition) is 0. The lowest BCUT2D eigenvalue weighted by atomic mass is 10.1. The molecule has 2 unspecified atom stereocenters. The maximum Gasteiger partial charge on any atom is 0.447 e. The summed E-state index contributed by atoms with van der Waals surface area (Å²) < 4.78 is 38.5. The van der Waals surface area contributed by atoms with Crippen LogP contribution < -0.4 is 13.9 Å². The van der Waals surface area contributed by atoms with E-state index in [4.69, 9.17) is 18.5 Å². The molecule has 11 heteroatoms. The van der Waals surface area contributed by atoms with Gasteiger partial charge in [-0.3, -0.25) is 19.3 Å². The van der Waals surface area contributed by atoms with Crippen molar-refractivity contribution in [2.24, 2.45) is 0 Å². The summed E-state index contributed by atoms with van der Waals surface area (Å²) in [7, 11) is -4.88. The average Bonchev–Trinajstić information content (AvgIpc) is 3.15. The van der Waals surface area contributed by atoms with Gasteiger partial charge in [-0.25, -0.2) is 9.36 Å². The van der Waals surface area contributed by atoms with Crippen molar-refractivity contribution >= 4 is 36.9 Å². The van der Waals surface area contributed by atoms with Gasteiger partial charge in [-0.05, 0) is 77.9 Å². The van der Waals surface area contributed by atoms with E-state index < -0.39 is 54.1 Å². The average molecular weight is 608 g/mol. The number of fused-ring (bicyclic) bond motifs is 1. The molecule has 1 aliphatic heterocycles. The molecule has 1 amide bonds. The SMILES string of the molecule is CC(C)(C)OC(=O)C(C(C(=O)OC(C)(C)C)P(=O)(Oc1ccccc1)Oc1ccccc1)N1C(=O)C(=O)c2ccccc21. The van der Waals surface area contributed by atoms with Crippen LogP contribution in [0.15, 0.2) is 84.9 Å². The number of ether oxygens (including phenoxy) is 2. The Hall–Kier alpha value is -4.43. The Labute approximate surface area is 250 Å². The number of benzene rings is 3. The zero-order chi connectivity index (χ0) is 31.6. The molecule has 1 heterocycles. The van der Waals surface area contributed by atoms with Crippen molar-refractivity contribution in [1.29, 1.82) is 0 Å². The van der Waals surface area contributed by atoms with Gasteiger partial charge >= 0.3 is 19.5 Å². The van der Waals surface area contributed by atoms with E-state index in [-0.39, 0.29) is 22.7 Å². The third-order valence-corrected chi connectivity index (χ3v) is 8.09. The molecule has 3 aromatic rings. The Morgan fingerprint density at radius 3 is 1.60 bits per heavy atom. The quantitative estimate of drug-likeness (QED) is 0.164. The van der Waals surface area contributed by atoms with E-state index >= 15 is 4.57 Å². The fourth-order valence-electron chi connectivity index (χ4n) is 4.41. The summed E-state index contributed by atoms with van der Waals surface area (Å²) in [6, 6.07) is 19.9. The third kappa shape index (κ3) is 7.32. The van der Waals surface area contributed by atoms with Crippen LogP contribution in [-0.2, 0) is 28.4 Å². The number of para-hydroxylation sites is 3. The van der Waals surface area contributed by atoms with E-state index in [1.165, 1.54) is 36.4 Å². The van der Waals surface area contributed by atoms with Crippen LogP contribution in [0.25, 0.3) is 0 Å². The van der Waals surface area contributed by atoms with Crippen LogP contribution >= 0.6 is 7.60 Å². The minimum Gasteiger partial charge on any atom is -0.459 e. The van der Waals surface area contributed by atoms with Crippen molar-refractivity contribution in [3.63, 3.8) is 0 Å². The molecule has 0 saturated heterocycles. The normalized spacial score (nSPS) is 14.9. The number of rotatable bonds is 9. The second-order valence-electron chi connectivity index (χ2n) is 11.8. The highest BCUT2D eigenvalue weighted by Gasteiger charge is 2.60. The second kappa shape index (κ2) is 12.1. The fourth-order valence-corrected chi connectivity index (χ4v) is 6.41. The Morgan fingerprint density at radius 1 is 0.674 bits per heavy atom. The van der Waals surface area contributed by atoms with Crippen molar-refractivity contribution < 1.29 is 42.3 Å². The summed E-state index contributed by atoms with van der Waals surface area (Å²) in [6.45, 7) is 9.55. The molecule has 3 aromatic carbocycles. The smallest absolute Gasteiger partial charge is 0.447 e. The largest absolute Gasteiger partial charge is 0.459 e.